The molecule has 0 radical (unpaired) electrons. The maximum atomic E-state index is 11.4. The minimum atomic E-state index is -0.842. The molecular weight excluding hydrogens is 198 g/mol. The average molecular weight is 211 g/mol. The van der Waals surface area contributed by atoms with Gasteiger partial charge in [0.05, 0.1) is 0 Å². The van der Waals surface area contributed by atoms with Crippen LogP contribution in [0.15, 0.2) is 17.2 Å². The van der Waals surface area contributed by atoms with Crippen molar-refractivity contribution in [3.05, 3.63) is 22.7 Å². The maximum Gasteiger partial charge on any atom is 0.303 e. The minimum absolute atomic E-state index is 0.0835. The first kappa shape index (κ1) is 11.2. The zero-order chi connectivity index (χ0) is 11.3. The summed E-state index contributed by atoms with van der Waals surface area (Å²) in [7, 11) is 1.63. The molecule has 6 heteroatoms. The summed E-state index contributed by atoms with van der Waals surface area (Å²) in [5.74, 6) is -0.587. The van der Waals surface area contributed by atoms with E-state index in [1.807, 2.05) is 0 Å². The SMILES string of the molecule is Cn1ccnc(NCCCC(=O)O)c1=O. The minimum Gasteiger partial charge on any atom is -0.481 e. The van der Waals surface area contributed by atoms with Crippen molar-refractivity contribution in [3.8, 4) is 0 Å². The molecule has 0 aliphatic rings. The molecule has 0 saturated carbocycles. The Labute approximate surface area is 86.6 Å². The Bertz CT molecular complexity index is 400. The lowest BCUT2D eigenvalue weighted by atomic mass is 10.3. The number of carboxylic acids is 1. The number of hydrogen-bond acceptors (Lipinski definition) is 4. The first-order valence-electron chi connectivity index (χ1n) is 4.58. The van der Waals surface area contributed by atoms with Gasteiger partial charge in [-0.2, -0.15) is 0 Å². The molecule has 0 atom stereocenters. The Hall–Kier alpha value is -1.85. The van der Waals surface area contributed by atoms with Crippen LogP contribution in [-0.2, 0) is 11.8 Å². The van der Waals surface area contributed by atoms with E-state index in [2.05, 4.69) is 10.3 Å². The number of aromatic nitrogens is 2. The quantitative estimate of drug-likeness (QED) is 0.672. The molecule has 2 N–H and O–H groups in total. The van der Waals surface area contributed by atoms with E-state index in [0.717, 1.165) is 0 Å². The van der Waals surface area contributed by atoms with E-state index in [-0.39, 0.29) is 17.8 Å². The van der Waals surface area contributed by atoms with Gasteiger partial charge < -0.3 is 15.0 Å². The Kier molecular flexibility index (Phi) is 3.84. The highest BCUT2D eigenvalue weighted by atomic mass is 16.4. The Morgan fingerprint density at radius 1 is 1.67 bits per heavy atom. The van der Waals surface area contributed by atoms with Gasteiger partial charge in [-0.3, -0.25) is 9.59 Å². The number of carbonyl (C=O) groups is 1. The molecule has 1 aromatic heterocycles. The fraction of sp³-hybridized carbons (Fsp3) is 0.444. The molecule has 0 spiro atoms. The molecule has 0 aromatic carbocycles. The van der Waals surface area contributed by atoms with Gasteiger partial charge in [-0.05, 0) is 6.42 Å². The van der Waals surface area contributed by atoms with Crippen molar-refractivity contribution in [1.29, 1.82) is 0 Å². The molecule has 0 amide bonds. The summed E-state index contributed by atoms with van der Waals surface area (Å²) in [6, 6.07) is 0. The van der Waals surface area contributed by atoms with Crippen LogP contribution in [0.2, 0.25) is 0 Å². The third kappa shape index (κ3) is 3.41. The topological polar surface area (TPSA) is 84.2 Å². The standard InChI is InChI=1S/C9H13N3O3/c1-12-6-5-11-8(9(12)15)10-4-2-3-7(13)14/h5-6H,2-4H2,1H3,(H,10,11)(H,13,14). The molecule has 0 saturated heterocycles. The van der Waals surface area contributed by atoms with Crippen LogP contribution in [0.1, 0.15) is 12.8 Å². The molecule has 1 heterocycles. The van der Waals surface area contributed by atoms with Crippen molar-refractivity contribution < 1.29 is 9.90 Å². The first-order valence-corrected chi connectivity index (χ1v) is 4.58. The molecule has 0 fully saturated rings. The summed E-state index contributed by atoms with van der Waals surface area (Å²) in [5, 5.41) is 11.2. The molecule has 6 nitrogen and oxygen atoms in total. The van der Waals surface area contributed by atoms with Crippen molar-refractivity contribution in [2.45, 2.75) is 12.8 Å². The van der Waals surface area contributed by atoms with Crippen molar-refractivity contribution in [3.63, 3.8) is 0 Å². The van der Waals surface area contributed by atoms with E-state index < -0.39 is 5.97 Å². The van der Waals surface area contributed by atoms with Crippen molar-refractivity contribution in [2.24, 2.45) is 7.05 Å². The third-order valence-corrected chi connectivity index (χ3v) is 1.88. The lowest BCUT2D eigenvalue weighted by molar-refractivity contribution is -0.137. The summed E-state index contributed by atoms with van der Waals surface area (Å²) >= 11 is 0. The number of aryl methyl sites for hydroxylation is 1. The summed E-state index contributed by atoms with van der Waals surface area (Å²) in [6.07, 6.45) is 3.63. The predicted octanol–water partition coefficient (Wildman–Crippen LogP) is 0.0570. The van der Waals surface area contributed by atoms with Crippen LogP contribution in [0, 0.1) is 0 Å². The summed E-state index contributed by atoms with van der Waals surface area (Å²) in [5.41, 5.74) is -0.215. The lowest BCUT2D eigenvalue weighted by Crippen LogP contribution is -2.22. The number of nitrogens with one attached hydrogen (secondary N) is 1. The fourth-order valence-corrected chi connectivity index (χ4v) is 1.07. The van der Waals surface area contributed by atoms with Gasteiger partial charge in [-0.25, -0.2) is 4.98 Å². The number of hydrogen-bond donors (Lipinski definition) is 2. The van der Waals surface area contributed by atoms with Crippen LogP contribution < -0.4 is 10.9 Å². The first-order chi connectivity index (χ1) is 7.11. The van der Waals surface area contributed by atoms with Crippen LogP contribution >= 0.6 is 0 Å². The summed E-state index contributed by atoms with van der Waals surface area (Å²) in [6.45, 7) is 0.429. The monoisotopic (exact) mass is 211 g/mol. The van der Waals surface area contributed by atoms with E-state index in [9.17, 15) is 9.59 Å². The van der Waals surface area contributed by atoms with Crippen molar-refractivity contribution in [2.75, 3.05) is 11.9 Å². The van der Waals surface area contributed by atoms with Gasteiger partial charge in [0.2, 0.25) is 0 Å². The number of nitrogens with zero attached hydrogens (tertiary/aromatic N) is 2. The molecule has 1 rings (SSSR count). The number of carboxylic acid groups (broad SMARTS) is 1. The van der Waals surface area contributed by atoms with Crippen LogP contribution in [0.5, 0.6) is 0 Å². The Morgan fingerprint density at radius 3 is 3.07 bits per heavy atom. The number of anilines is 1. The van der Waals surface area contributed by atoms with Gasteiger partial charge in [0.15, 0.2) is 5.82 Å². The van der Waals surface area contributed by atoms with Gasteiger partial charge in [-0.1, -0.05) is 0 Å². The molecule has 0 bridgehead atoms. The van der Waals surface area contributed by atoms with Gasteiger partial charge in [-0.15, -0.1) is 0 Å². The Morgan fingerprint density at radius 2 is 2.40 bits per heavy atom. The molecule has 0 aliphatic carbocycles. The summed E-state index contributed by atoms with van der Waals surface area (Å²) < 4.78 is 1.41. The zero-order valence-electron chi connectivity index (χ0n) is 8.43. The molecule has 82 valence electrons. The van der Waals surface area contributed by atoms with Gasteiger partial charge in [0.1, 0.15) is 0 Å². The zero-order valence-corrected chi connectivity index (χ0v) is 8.43. The van der Waals surface area contributed by atoms with Gasteiger partial charge >= 0.3 is 5.97 Å². The van der Waals surface area contributed by atoms with E-state index in [1.54, 1.807) is 13.2 Å². The highest BCUT2D eigenvalue weighted by molar-refractivity contribution is 5.66. The largest absolute Gasteiger partial charge is 0.481 e. The third-order valence-electron chi connectivity index (χ3n) is 1.88. The second-order valence-electron chi connectivity index (χ2n) is 3.12. The van der Waals surface area contributed by atoms with Crippen LogP contribution in [0.4, 0.5) is 5.82 Å². The molecule has 0 unspecified atom stereocenters. The maximum absolute atomic E-state index is 11.4. The van der Waals surface area contributed by atoms with Gasteiger partial charge in [0.25, 0.3) is 5.56 Å². The van der Waals surface area contributed by atoms with Crippen LogP contribution in [0.3, 0.4) is 0 Å². The second-order valence-corrected chi connectivity index (χ2v) is 3.12. The molecule has 0 aliphatic heterocycles. The molecular formula is C9H13N3O3. The van der Waals surface area contributed by atoms with Gasteiger partial charge in [0, 0.05) is 32.4 Å². The lowest BCUT2D eigenvalue weighted by Gasteiger charge is -2.04. The van der Waals surface area contributed by atoms with E-state index in [4.69, 9.17) is 5.11 Å². The number of rotatable bonds is 5. The van der Waals surface area contributed by atoms with E-state index in [1.165, 1.54) is 10.8 Å². The summed E-state index contributed by atoms with van der Waals surface area (Å²) in [4.78, 5) is 25.5. The average Bonchev–Trinajstić information content (AvgIpc) is 2.18. The Balaban J connectivity index is 2.48. The predicted molar refractivity (Wildman–Crippen MR) is 54.8 cm³/mol. The number of aliphatic carboxylic acids is 1. The fourth-order valence-electron chi connectivity index (χ4n) is 1.07. The molecule has 1 aromatic rings. The van der Waals surface area contributed by atoms with Crippen LogP contribution in [0.25, 0.3) is 0 Å². The second kappa shape index (κ2) is 5.14. The van der Waals surface area contributed by atoms with E-state index >= 15 is 0 Å². The van der Waals surface area contributed by atoms with E-state index in [0.29, 0.717) is 13.0 Å². The highest BCUT2D eigenvalue weighted by Crippen LogP contribution is 1.94. The molecule has 15 heavy (non-hydrogen) atoms. The highest BCUT2D eigenvalue weighted by Gasteiger charge is 2.01. The van der Waals surface area contributed by atoms with Crippen molar-refractivity contribution >= 4 is 11.8 Å². The van der Waals surface area contributed by atoms with Crippen molar-refractivity contribution in [1.82, 2.24) is 9.55 Å². The normalized spacial score (nSPS) is 9.93. The smallest absolute Gasteiger partial charge is 0.303 e. The van der Waals surface area contributed by atoms with Crippen LogP contribution in [-0.4, -0.2) is 27.2 Å².